The zero-order valence-corrected chi connectivity index (χ0v) is 22.3. The molecule has 8 nitrogen and oxygen atoms in total. The number of nitrogens with two attached hydrogens (primary N) is 8. The maximum absolute atomic E-state index is 6.75. The van der Waals surface area contributed by atoms with Gasteiger partial charge in [0.1, 0.15) is 0 Å². The molecule has 0 fully saturated rings. The van der Waals surface area contributed by atoms with Crippen LogP contribution in [-0.4, -0.2) is 57.8 Å². The molecule has 16 N–H and O–H groups in total. The molecule has 0 heterocycles. The van der Waals surface area contributed by atoms with E-state index in [9.17, 15) is 0 Å². The lowest BCUT2D eigenvalue weighted by atomic mass is 10.5. The van der Waals surface area contributed by atoms with Gasteiger partial charge in [0.2, 0.25) is 0 Å². The van der Waals surface area contributed by atoms with Crippen molar-refractivity contribution in [2.75, 3.05) is 57.8 Å². The van der Waals surface area contributed by atoms with Gasteiger partial charge in [-0.25, -0.2) is 0 Å². The fourth-order valence-corrected chi connectivity index (χ4v) is 0. The van der Waals surface area contributed by atoms with Crippen LogP contribution in [0.25, 0.3) is 0 Å². The molecular weight excluding hydrogens is 420 g/mol. The second kappa shape index (κ2) is 109. The second-order valence-electron chi connectivity index (χ2n) is 4.07. The van der Waals surface area contributed by atoms with E-state index in [1.165, 1.54) is 13.8 Å². The molecule has 0 radical (unpaired) electrons. The molecule has 0 saturated heterocycles. The van der Waals surface area contributed by atoms with E-state index in [0.717, 1.165) is 13.3 Å². The van der Waals surface area contributed by atoms with Gasteiger partial charge >= 0.3 is 0 Å². The summed E-state index contributed by atoms with van der Waals surface area (Å²) in [7, 11) is 0. The minimum Gasteiger partial charge on any atom is -0.330 e. The summed E-state index contributed by atoms with van der Waals surface area (Å²) in [5.41, 5.74) is 37.2. The number of thiol groups is 1. The van der Waals surface area contributed by atoms with Crippen molar-refractivity contribution in [1.29, 1.82) is 0 Å². The first-order valence-corrected chi connectivity index (χ1v) is 10.2. The first-order valence-electron chi connectivity index (χ1n) is 19.2. The van der Waals surface area contributed by atoms with Gasteiger partial charge in [0.25, 0.3) is 0 Å². The van der Waals surface area contributed by atoms with Crippen LogP contribution in [0.5, 0.6) is 0 Å². The van der Waals surface area contributed by atoms with E-state index in [1.807, 2.05) is 6.92 Å². The lowest BCUT2D eigenvalue weighted by Crippen LogP contribution is -1.97. The summed E-state index contributed by atoms with van der Waals surface area (Å²) in [5.74, 6) is 0. The topological polar surface area (TPSA) is 208 Å². The Labute approximate surface area is 235 Å². The maximum Gasteiger partial charge on any atom is 0.0434 e. The van der Waals surface area contributed by atoms with Gasteiger partial charge in [-0.05, 0) is 90.4 Å². The molecule has 0 rings (SSSR count). The van der Waals surface area contributed by atoms with Crippen molar-refractivity contribution in [3.05, 3.63) is 0 Å². The van der Waals surface area contributed by atoms with Gasteiger partial charge in [-0.2, -0.15) is 12.6 Å². The molecular formula is C23H70N8S. The highest BCUT2D eigenvalue weighted by molar-refractivity contribution is 7.80. The van der Waals surface area contributed by atoms with E-state index in [2.05, 4.69) is 12.6 Å². The zero-order chi connectivity index (χ0) is 43.3. The normalized spacial score (nSPS) is 24.4. The smallest absolute Gasteiger partial charge is 0.0434 e. The molecule has 0 aromatic carbocycles. The van der Waals surface area contributed by atoms with Crippen molar-refractivity contribution in [1.82, 2.24) is 0 Å². The van der Waals surface area contributed by atoms with Crippen molar-refractivity contribution >= 4 is 12.6 Å². The molecule has 0 spiro atoms. The van der Waals surface area contributed by atoms with E-state index >= 15 is 0 Å². The van der Waals surface area contributed by atoms with E-state index < -0.39 is 63.8 Å². The van der Waals surface area contributed by atoms with E-state index in [1.54, 1.807) is 20.8 Å². The summed E-state index contributed by atoms with van der Waals surface area (Å²) in [6, 6.07) is 0. The van der Waals surface area contributed by atoms with E-state index in [4.69, 9.17) is 70.5 Å². The number of rotatable bonds is 8. The van der Waals surface area contributed by atoms with Gasteiger partial charge in [-0.1, -0.05) is 48.5 Å². The highest BCUT2D eigenvalue weighted by atomic mass is 32.1. The molecule has 6 atom stereocenters. The number of hydrogen-bond donors (Lipinski definition) is 9. The third kappa shape index (κ3) is 392. The molecule has 0 saturated carbocycles. The van der Waals surface area contributed by atoms with Gasteiger partial charge < -0.3 is 45.9 Å². The molecule has 0 aliphatic rings. The average molecular weight is 509 g/mol. The molecule has 0 aromatic heterocycles. The van der Waals surface area contributed by atoms with Crippen LogP contribution in [-0.2, 0) is 0 Å². The van der Waals surface area contributed by atoms with Gasteiger partial charge in [-0.15, -0.1) is 0 Å². The predicted molar refractivity (Wildman–Crippen MR) is 158 cm³/mol. The van der Waals surface area contributed by atoms with Gasteiger partial charge in [0.15, 0.2) is 0 Å². The molecule has 9 heteroatoms. The monoisotopic (exact) mass is 509 g/mol. The molecule has 32 heavy (non-hydrogen) atoms. The minimum absolute atomic E-state index is 0.0880. The maximum atomic E-state index is 6.75. The molecule has 208 valence electrons. The summed E-state index contributed by atoms with van der Waals surface area (Å²) >= 11 is 3.37. The Bertz CT molecular complexity index is 632. The highest BCUT2D eigenvalue weighted by Crippen LogP contribution is 1.60. The van der Waals surface area contributed by atoms with Crippen LogP contribution in [0.15, 0.2) is 0 Å². The van der Waals surface area contributed by atoms with Crippen LogP contribution < -0.4 is 45.9 Å². The summed E-state index contributed by atoms with van der Waals surface area (Å²) in [5, 5.41) is 0. The van der Waals surface area contributed by atoms with Crippen LogP contribution in [0.3, 0.4) is 0 Å². The highest BCUT2D eigenvalue weighted by Gasteiger charge is 1.58. The SMILES string of the molecule is [2H]C(C)C([2H])([2H])N.[2H]C(C)C([2H])N.[2H]C(C)CN.[2H]C(N)C([2H])([2H])S.[2H]C(N)CC.[2H]C([2H])(C)C([2H])([2H])N.[2H]C([2H])(C)CN.[2H]C([2H])(N)CC. The summed E-state index contributed by atoms with van der Waals surface area (Å²) in [4.78, 5) is 0. The van der Waals surface area contributed by atoms with E-state index in [-0.39, 0.29) is 19.5 Å². The molecule has 6 unspecified atom stereocenters. The Kier molecular flexibility index (Phi) is 59.4. The second-order valence-corrected chi connectivity index (χ2v) is 4.33. The first kappa shape index (κ1) is 17.5. The summed E-state index contributed by atoms with van der Waals surface area (Å²) in [6.07, 6.45) is -3.38. The van der Waals surface area contributed by atoms with Crippen molar-refractivity contribution in [2.24, 2.45) is 45.9 Å². The van der Waals surface area contributed by atoms with Crippen LogP contribution in [0.2, 0.25) is 0 Å². The van der Waals surface area contributed by atoms with Crippen molar-refractivity contribution < 1.29 is 24.7 Å². The lowest BCUT2D eigenvalue weighted by molar-refractivity contribution is 0.932. The van der Waals surface area contributed by atoms with Crippen LogP contribution in [0.4, 0.5) is 0 Å². The fourth-order valence-electron chi connectivity index (χ4n) is 0. The Hall–Kier alpha value is 0.0300. The molecule has 0 aliphatic carbocycles. The summed E-state index contributed by atoms with van der Waals surface area (Å²) in [6.45, 7) is 3.63. The third-order valence-electron chi connectivity index (χ3n) is 1.46. The number of hydrogen-bond acceptors (Lipinski definition) is 9. The molecule has 0 amide bonds. The average Bonchev–Trinajstić information content (AvgIpc) is 2.88. The predicted octanol–water partition coefficient (Wildman–Crippen LogP) is 2.36. The van der Waals surface area contributed by atoms with Gasteiger partial charge in [0.05, 0.1) is 0 Å². The van der Waals surface area contributed by atoms with Crippen molar-refractivity contribution in [3.63, 3.8) is 0 Å². The quantitative estimate of drug-likeness (QED) is 0.222. The standard InChI is InChI=1S/7C3H9N.C2H7NS/c7*1-2-3-4;3-1-2-4/h7*2-4H2,1H3;4H,1-3H2/i2D2,3D2;2D,3D2;2D,3D;3D2;3D;2D2;2D;1D,2D2. The van der Waals surface area contributed by atoms with Crippen molar-refractivity contribution in [2.45, 2.75) is 93.2 Å². The third-order valence-corrected chi connectivity index (χ3v) is 1.61. The van der Waals surface area contributed by atoms with Gasteiger partial charge in [-0.3, -0.25) is 0 Å². The largest absolute Gasteiger partial charge is 0.330 e. The van der Waals surface area contributed by atoms with Crippen molar-refractivity contribution in [3.8, 4) is 0 Å². The summed E-state index contributed by atoms with van der Waals surface area (Å²) < 4.78 is 120. The van der Waals surface area contributed by atoms with Crippen LogP contribution in [0, 0.1) is 0 Å². The molecule has 0 aromatic rings. The van der Waals surface area contributed by atoms with Crippen LogP contribution in [0.1, 0.15) is 118 Å². The Morgan fingerprint density at radius 1 is 0.500 bits per heavy atom. The minimum atomic E-state index is -2.23. The Morgan fingerprint density at radius 3 is 0.750 bits per heavy atom. The van der Waals surface area contributed by atoms with Gasteiger partial charge in [0, 0.05) is 36.9 Å². The molecule has 0 aliphatic heterocycles. The fraction of sp³-hybridized carbons (Fsp3) is 1.00. The zero-order valence-electron chi connectivity index (χ0n) is 39.4. The Morgan fingerprint density at radius 2 is 0.750 bits per heavy atom. The Balaban J connectivity index is -0.0000000675. The molecule has 0 bridgehead atoms. The lowest BCUT2D eigenvalue weighted by Gasteiger charge is -1.70. The van der Waals surface area contributed by atoms with E-state index in [0.29, 0.717) is 13.0 Å². The first-order chi connectivity index (χ1) is 21.4. The van der Waals surface area contributed by atoms with Crippen LogP contribution >= 0.6 is 12.6 Å².